The van der Waals surface area contributed by atoms with E-state index in [0.717, 1.165) is 69.8 Å². The third kappa shape index (κ3) is 4.39. The monoisotopic (exact) mass is 345 g/mol. The largest absolute Gasteiger partial charge is 0.379 e. The first-order valence-corrected chi connectivity index (χ1v) is 9.66. The zero-order valence-corrected chi connectivity index (χ0v) is 15.6. The molecule has 0 spiro atoms. The first kappa shape index (κ1) is 18.3. The lowest BCUT2D eigenvalue weighted by Crippen LogP contribution is -2.63. The topological polar surface area (TPSA) is 54.5 Å². The van der Waals surface area contributed by atoms with Gasteiger partial charge in [-0.25, -0.2) is 0 Å². The second kappa shape index (κ2) is 8.28. The lowest BCUT2D eigenvalue weighted by Gasteiger charge is -2.47. The molecule has 1 aromatic rings. The smallest absolute Gasteiger partial charge is 0.240 e. The SMILES string of the molecule is Cc1cccc(C[C@H](C)NC(=O)C2(N3CCOCC3)CCCCC2)n1. The van der Waals surface area contributed by atoms with Gasteiger partial charge in [0.25, 0.3) is 0 Å². The Balaban J connectivity index is 1.67. The normalized spacial score (nSPS) is 22.3. The molecular formula is C20H31N3O2. The first-order valence-electron chi connectivity index (χ1n) is 9.66. The average Bonchev–Trinajstić information content (AvgIpc) is 2.63. The van der Waals surface area contributed by atoms with Crippen molar-refractivity contribution in [1.82, 2.24) is 15.2 Å². The number of morpholine rings is 1. The van der Waals surface area contributed by atoms with Gasteiger partial charge in [-0.3, -0.25) is 14.7 Å². The highest BCUT2D eigenvalue weighted by molar-refractivity contribution is 5.86. The minimum Gasteiger partial charge on any atom is -0.379 e. The van der Waals surface area contributed by atoms with Crippen LogP contribution in [0, 0.1) is 6.92 Å². The molecule has 0 unspecified atom stereocenters. The number of aryl methyl sites for hydroxylation is 1. The summed E-state index contributed by atoms with van der Waals surface area (Å²) < 4.78 is 5.50. The molecule has 25 heavy (non-hydrogen) atoms. The molecule has 3 rings (SSSR count). The number of ether oxygens (including phenoxy) is 1. The third-order valence-electron chi connectivity index (χ3n) is 5.56. The Labute approximate surface area is 151 Å². The molecule has 1 aliphatic carbocycles. The standard InChI is InChI=1S/C20H31N3O2/c1-16-7-6-8-18(21-16)15-17(2)22-19(24)20(9-4-3-5-10-20)23-11-13-25-14-12-23/h6-8,17H,3-5,9-15H2,1-2H3,(H,22,24)/t17-/m0/s1. The molecule has 0 bridgehead atoms. The maximum atomic E-state index is 13.3. The molecule has 5 heteroatoms. The number of rotatable bonds is 5. The highest BCUT2D eigenvalue weighted by Crippen LogP contribution is 2.34. The van der Waals surface area contributed by atoms with Gasteiger partial charge in [0.05, 0.1) is 13.2 Å². The number of hydrogen-bond acceptors (Lipinski definition) is 4. The van der Waals surface area contributed by atoms with E-state index in [-0.39, 0.29) is 17.5 Å². The summed E-state index contributed by atoms with van der Waals surface area (Å²) >= 11 is 0. The Morgan fingerprint density at radius 2 is 2.00 bits per heavy atom. The Hall–Kier alpha value is -1.46. The summed E-state index contributed by atoms with van der Waals surface area (Å²) in [5.41, 5.74) is 1.72. The number of carbonyl (C=O) groups excluding carboxylic acids is 1. The van der Waals surface area contributed by atoms with Crippen molar-refractivity contribution in [3.63, 3.8) is 0 Å². The number of aromatic nitrogens is 1. The van der Waals surface area contributed by atoms with Crippen molar-refractivity contribution in [2.75, 3.05) is 26.3 Å². The van der Waals surface area contributed by atoms with Crippen LogP contribution in [0.5, 0.6) is 0 Å². The van der Waals surface area contributed by atoms with Crippen LogP contribution in [-0.2, 0) is 16.0 Å². The Bertz CT molecular complexity index is 578. The number of carbonyl (C=O) groups is 1. The molecule has 2 aliphatic rings. The summed E-state index contributed by atoms with van der Waals surface area (Å²) in [6, 6.07) is 6.15. The van der Waals surface area contributed by atoms with E-state index in [9.17, 15) is 4.79 Å². The average molecular weight is 345 g/mol. The van der Waals surface area contributed by atoms with Gasteiger partial charge >= 0.3 is 0 Å². The van der Waals surface area contributed by atoms with E-state index >= 15 is 0 Å². The molecule has 0 radical (unpaired) electrons. The maximum Gasteiger partial charge on any atom is 0.240 e. The van der Waals surface area contributed by atoms with Crippen molar-refractivity contribution in [1.29, 1.82) is 0 Å². The minimum atomic E-state index is -0.337. The molecule has 1 aromatic heterocycles. The van der Waals surface area contributed by atoms with Crippen LogP contribution in [0.3, 0.4) is 0 Å². The number of pyridine rings is 1. The summed E-state index contributed by atoms with van der Waals surface area (Å²) in [5, 5.41) is 3.29. The van der Waals surface area contributed by atoms with Crippen LogP contribution in [0.15, 0.2) is 18.2 Å². The van der Waals surface area contributed by atoms with Gasteiger partial charge in [-0.15, -0.1) is 0 Å². The molecule has 1 N–H and O–H groups in total. The molecule has 1 amide bonds. The van der Waals surface area contributed by atoms with Gasteiger partial charge in [-0.1, -0.05) is 25.3 Å². The van der Waals surface area contributed by atoms with Crippen LogP contribution in [0.25, 0.3) is 0 Å². The molecule has 1 saturated carbocycles. The lowest BCUT2D eigenvalue weighted by molar-refractivity contribution is -0.140. The van der Waals surface area contributed by atoms with Gasteiger partial charge in [0.15, 0.2) is 0 Å². The fourth-order valence-corrected chi connectivity index (χ4v) is 4.25. The third-order valence-corrected chi connectivity index (χ3v) is 5.56. The van der Waals surface area contributed by atoms with Gasteiger partial charge in [0.2, 0.25) is 5.91 Å². The summed E-state index contributed by atoms with van der Waals surface area (Å²) in [5.74, 6) is 0.203. The Kier molecular flexibility index (Phi) is 6.07. The molecule has 2 heterocycles. The summed E-state index contributed by atoms with van der Waals surface area (Å²) in [6.07, 6.45) is 6.22. The molecule has 2 fully saturated rings. The number of amides is 1. The summed E-state index contributed by atoms with van der Waals surface area (Å²) in [4.78, 5) is 20.2. The van der Waals surface area contributed by atoms with Crippen LogP contribution in [0.1, 0.15) is 50.4 Å². The van der Waals surface area contributed by atoms with Gasteiger partial charge in [-0.05, 0) is 38.8 Å². The van der Waals surface area contributed by atoms with Crippen LogP contribution in [-0.4, -0.2) is 53.7 Å². The molecular weight excluding hydrogens is 314 g/mol. The Morgan fingerprint density at radius 1 is 1.28 bits per heavy atom. The number of nitrogens with one attached hydrogen (secondary N) is 1. The first-order chi connectivity index (χ1) is 12.1. The molecule has 1 aliphatic heterocycles. The zero-order chi connectivity index (χ0) is 17.7. The van der Waals surface area contributed by atoms with Gasteiger partial charge < -0.3 is 10.1 Å². The second-order valence-corrected chi connectivity index (χ2v) is 7.54. The summed E-state index contributed by atoms with van der Waals surface area (Å²) in [7, 11) is 0. The van der Waals surface area contributed by atoms with E-state index in [1.165, 1.54) is 6.42 Å². The fraction of sp³-hybridized carbons (Fsp3) is 0.700. The molecule has 5 nitrogen and oxygen atoms in total. The van der Waals surface area contributed by atoms with Gasteiger partial charge in [0, 0.05) is 36.9 Å². The lowest BCUT2D eigenvalue weighted by atomic mass is 9.79. The van der Waals surface area contributed by atoms with Crippen molar-refractivity contribution < 1.29 is 9.53 Å². The fourth-order valence-electron chi connectivity index (χ4n) is 4.25. The van der Waals surface area contributed by atoms with E-state index in [2.05, 4.69) is 22.1 Å². The summed E-state index contributed by atoms with van der Waals surface area (Å²) in [6.45, 7) is 7.28. The Morgan fingerprint density at radius 3 is 2.68 bits per heavy atom. The van der Waals surface area contributed by atoms with E-state index in [4.69, 9.17) is 4.74 Å². The van der Waals surface area contributed by atoms with Gasteiger partial charge in [-0.2, -0.15) is 0 Å². The molecule has 1 atom stereocenters. The molecule has 138 valence electrons. The van der Waals surface area contributed by atoms with E-state index in [0.29, 0.717) is 0 Å². The number of hydrogen-bond donors (Lipinski definition) is 1. The van der Waals surface area contributed by atoms with Crippen molar-refractivity contribution in [3.8, 4) is 0 Å². The van der Waals surface area contributed by atoms with Crippen molar-refractivity contribution in [3.05, 3.63) is 29.6 Å². The van der Waals surface area contributed by atoms with E-state index in [1.54, 1.807) is 0 Å². The highest BCUT2D eigenvalue weighted by Gasteiger charge is 2.45. The molecule has 1 saturated heterocycles. The quantitative estimate of drug-likeness (QED) is 0.891. The van der Waals surface area contributed by atoms with Crippen molar-refractivity contribution in [2.24, 2.45) is 0 Å². The van der Waals surface area contributed by atoms with E-state index < -0.39 is 0 Å². The predicted molar refractivity (Wildman–Crippen MR) is 98.5 cm³/mol. The zero-order valence-electron chi connectivity index (χ0n) is 15.6. The van der Waals surface area contributed by atoms with Crippen LogP contribution in [0.4, 0.5) is 0 Å². The van der Waals surface area contributed by atoms with Crippen LogP contribution in [0.2, 0.25) is 0 Å². The maximum absolute atomic E-state index is 13.3. The van der Waals surface area contributed by atoms with Crippen LogP contribution >= 0.6 is 0 Å². The number of nitrogens with zero attached hydrogens (tertiary/aromatic N) is 2. The second-order valence-electron chi connectivity index (χ2n) is 7.54. The predicted octanol–water partition coefficient (Wildman–Crippen LogP) is 2.47. The minimum absolute atomic E-state index is 0.0849. The van der Waals surface area contributed by atoms with Crippen molar-refractivity contribution in [2.45, 2.75) is 64.0 Å². The molecule has 0 aromatic carbocycles. The van der Waals surface area contributed by atoms with Crippen LogP contribution < -0.4 is 5.32 Å². The van der Waals surface area contributed by atoms with Gasteiger partial charge in [0.1, 0.15) is 5.54 Å². The van der Waals surface area contributed by atoms with Crippen molar-refractivity contribution >= 4 is 5.91 Å². The highest BCUT2D eigenvalue weighted by atomic mass is 16.5. The van der Waals surface area contributed by atoms with E-state index in [1.807, 2.05) is 25.1 Å².